The van der Waals surface area contributed by atoms with Crippen molar-refractivity contribution < 1.29 is 26.7 Å². The van der Waals surface area contributed by atoms with Crippen LogP contribution in [0.3, 0.4) is 0 Å². The molecule has 0 unspecified atom stereocenters. The fourth-order valence-electron chi connectivity index (χ4n) is 3.30. The molecule has 10 heteroatoms. The number of hydrogen-bond donors (Lipinski definition) is 1. The van der Waals surface area contributed by atoms with Gasteiger partial charge in [0, 0.05) is 31.0 Å². The Kier molecular flexibility index (Phi) is 5.57. The van der Waals surface area contributed by atoms with E-state index < -0.39 is 60.1 Å². The fraction of sp³-hybridized carbons (Fsp3) is 0.300. The van der Waals surface area contributed by atoms with E-state index in [0.29, 0.717) is 0 Å². The summed E-state index contributed by atoms with van der Waals surface area (Å²) in [6.45, 7) is 0. The van der Waals surface area contributed by atoms with Gasteiger partial charge < -0.3 is 5.73 Å². The topological polar surface area (TPSA) is 92.1 Å². The number of carbonyl (C=O) groups excluding carboxylic acids is 1. The average molecular weight is 422 g/mol. The smallest absolute Gasteiger partial charge is 0.283 e. The molecule has 2 aromatic rings. The third-order valence-corrected chi connectivity index (χ3v) is 4.87. The molecule has 0 saturated heterocycles. The molecule has 0 saturated carbocycles. The molecule has 1 aliphatic rings. The second-order valence-electron chi connectivity index (χ2n) is 6.83. The van der Waals surface area contributed by atoms with Crippen molar-refractivity contribution in [2.45, 2.75) is 37.1 Å². The van der Waals surface area contributed by atoms with Crippen molar-refractivity contribution in [3.63, 3.8) is 0 Å². The third-order valence-electron chi connectivity index (χ3n) is 4.87. The van der Waals surface area contributed by atoms with Gasteiger partial charge in [-0.25, -0.2) is 26.9 Å². The summed E-state index contributed by atoms with van der Waals surface area (Å²) in [7, 11) is 0. The monoisotopic (exact) mass is 422 g/mol. The van der Waals surface area contributed by atoms with Gasteiger partial charge in [0.05, 0.1) is 11.4 Å². The Labute approximate surface area is 168 Å². The maximum atomic E-state index is 14.6. The maximum Gasteiger partial charge on any atom is 0.283 e. The van der Waals surface area contributed by atoms with E-state index in [1.165, 1.54) is 18.3 Å². The van der Waals surface area contributed by atoms with Gasteiger partial charge in [0.25, 0.3) is 12.3 Å². The quantitative estimate of drug-likeness (QED) is 0.587. The number of amidine groups is 1. The van der Waals surface area contributed by atoms with E-state index in [1.54, 1.807) is 0 Å². The van der Waals surface area contributed by atoms with E-state index in [9.17, 15) is 26.7 Å². The van der Waals surface area contributed by atoms with Crippen LogP contribution in [0.4, 0.5) is 22.0 Å². The highest BCUT2D eigenvalue weighted by Gasteiger charge is 2.63. The van der Waals surface area contributed by atoms with E-state index in [2.05, 4.69) is 9.98 Å². The second-order valence-corrected chi connectivity index (χ2v) is 6.83. The summed E-state index contributed by atoms with van der Waals surface area (Å²) >= 11 is 0. The van der Waals surface area contributed by atoms with Crippen molar-refractivity contribution >= 4 is 11.6 Å². The Morgan fingerprint density at radius 1 is 1.27 bits per heavy atom. The number of benzene rings is 1. The van der Waals surface area contributed by atoms with Gasteiger partial charge in [-0.15, -0.1) is 0 Å². The summed E-state index contributed by atoms with van der Waals surface area (Å²) in [5.74, 6) is -6.35. The van der Waals surface area contributed by atoms with Crippen LogP contribution in [0.25, 0.3) is 0 Å². The van der Waals surface area contributed by atoms with E-state index in [4.69, 9.17) is 11.0 Å². The van der Waals surface area contributed by atoms with E-state index in [1.807, 2.05) is 6.07 Å². The normalized spacial score (nSPS) is 20.5. The largest absolute Gasteiger partial charge is 0.387 e. The zero-order valence-corrected chi connectivity index (χ0v) is 15.4. The highest BCUT2D eigenvalue weighted by atomic mass is 19.3. The lowest BCUT2D eigenvalue weighted by atomic mass is 9.79. The summed E-state index contributed by atoms with van der Waals surface area (Å²) in [5, 5.41) is 8.76. The lowest BCUT2D eigenvalue weighted by Crippen LogP contribution is -2.54. The molecule has 0 spiro atoms. The van der Waals surface area contributed by atoms with Crippen LogP contribution in [0, 0.1) is 17.1 Å². The van der Waals surface area contributed by atoms with Crippen LogP contribution < -0.4 is 5.73 Å². The molecule has 1 aromatic carbocycles. The Morgan fingerprint density at radius 3 is 2.60 bits per heavy atom. The van der Waals surface area contributed by atoms with Crippen LogP contribution >= 0.6 is 0 Å². The number of ketones is 1. The predicted octanol–water partition coefficient (Wildman–Crippen LogP) is 3.76. The number of hydrogen-bond acceptors (Lipinski definition) is 5. The fourth-order valence-corrected chi connectivity index (χ4v) is 3.30. The lowest BCUT2D eigenvalue weighted by molar-refractivity contribution is -0.145. The number of aliphatic imine (C=N–C) groups is 1. The molecular formula is C20H15F5N4O. The van der Waals surface area contributed by atoms with Crippen molar-refractivity contribution in [1.82, 2.24) is 4.98 Å². The van der Waals surface area contributed by atoms with Crippen molar-refractivity contribution in [2.75, 3.05) is 0 Å². The minimum Gasteiger partial charge on any atom is -0.387 e. The predicted molar refractivity (Wildman–Crippen MR) is 96.9 cm³/mol. The first-order valence-corrected chi connectivity index (χ1v) is 8.79. The van der Waals surface area contributed by atoms with Crippen LogP contribution in [0.1, 0.15) is 40.0 Å². The molecule has 30 heavy (non-hydrogen) atoms. The van der Waals surface area contributed by atoms with Crippen LogP contribution in [0.5, 0.6) is 0 Å². The van der Waals surface area contributed by atoms with E-state index in [-0.39, 0.29) is 16.8 Å². The number of carbonyl (C=O) groups is 1. The van der Waals surface area contributed by atoms with Crippen LogP contribution in [-0.4, -0.2) is 29.0 Å². The number of rotatable bonds is 5. The first-order chi connectivity index (χ1) is 14.1. The van der Waals surface area contributed by atoms with Crippen molar-refractivity contribution in [2.24, 2.45) is 10.7 Å². The zero-order chi connectivity index (χ0) is 22.1. The molecule has 2 N–H and O–H groups in total. The number of Topliss-reactive ketones (excluding diaryl/α,β-unsaturated/α-hetero) is 1. The number of nitrogens with zero attached hydrogens (tertiary/aromatic N) is 3. The molecule has 0 fully saturated rings. The Morgan fingerprint density at radius 2 is 2.00 bits per heavy atom. The number of halogens is 5. The molecular weight excluding hydrogens is 407 g/mol. The maximum absolute atomic E-state index is 14.6. The molecule has 1 atom stereocenters. The van der Waals surface area contributed by atoms with E-state index >= 15 is 0 Å². The van der Waals surface area contributed by atoms with Crippen molar-refractivity contribution in [1.29, 1.82) is 5.26 Å². The Bertz CT molecular complexity index is 1050. The molecule has 3 rings (SSSR count). The Balaban J connectivity index is 2.03. The van der Waals surface area contributed by atoms with Crippen molar-refractivity contribution in [3.8, 4) is 6.07 Å². The third kappa shape index (κ3) is 3.63. The number of aromatic nitrogens is 1. The highest BCUT2D eigenvalue weighted by molar-refractivity contribution is 5.95. The molecule has 0 bridgehead atoms. The number of alkyl halides is 4. The standard InChI is InChI=1S/C20H15F5N4O/c21-14-3-1-11(8-16(30)15-4-2-12(9-26)10-28-15)7-13(14)20(18(22)23)19(24,25)6-5-17(27)29-20/h1-4,7,10,18H,5-6,8H2,(H2,27,29)/t20-/m0/s1. The van der Waals surface area contributed by atoms with Gasteiger partial charge in [0.15, 0.2) is 5.78 Å². The molecule has 2 heterocycles. The summed E-state index contributed by atoms with van der Waals surface area (Å²) < 4.78 is 71.6. The van der Waals surface area contributed by atoms with Gasteiger partial charge in [0.1, 0.15) is 17.6 Å². The van der Waals surface area contributed by atoms with Crippen LogP contribution in [0.15, 0.2) is 41.5 Å². The van der Waals surface area contributed by atoms with Crippen molar-refractivity contribution in [3.05, 3.63) is 64.7 Å². The van der Waals surface area contributed by atoms with Gasteiger partial charge in [-0.3, -0.25) is 9.78 Å². The summed E-state index contributed by atoms with van der Waals surface area (Å²) in [5.41, 5.74) is 1.18. The molecule has 0 amide bonds. The first-order valence-electron chi connectivity index (χ1n) is 8.79. The minimum absolute atomic E-state index is 0.0197. The van der Waals surface area contributed by atoms with E-state index in [0.717, 1.165) is 18.2 Å². The molecule has 156 valence electrons. The lowest BCUT2D eigenvalue weighted by Gasteiger charge is -2.40. The summed E-state index contributed by atoms with van der Waals surface area (Å²) in [6, 6.07) is 7.16. The molecule has 1 aromatic heterocycles. The van der Waals surface area contributed by atoms with Gasteiger partial charge >= 0.3 is 0 Å². The van der Waals surface area contributed by atoms with Crippen LogP contribution in [0.2, 0.25) is 0 Å². The van der Waals surface area contributed by atoms with Gasteiger partial charge in [-0.05, 0) is 29.8 Å². The average Bonchev–Trinajstić information content (AvgIpc) is 2.71. The molecule has 1 aliphatic heterocycles. The van der Waals surface area contributed by atoms with Gasteiger partial charge in [-0.2, -0.15) is 5.26 Å². The molecule has 5 nitrogen and oxygen atoms in total. The molecule has 0 radical (unpaired) electrons. The zero-order valence-electron chi connectivity index (χ0n) is 15.4. The second kappa shape index (κ2) is 7.82. The number of pyridine rings is 1. The summed E-state index contributed by atoms with van der Waals surface area (Å²) in [6.07, 6.45) is -4.38. The number of nitrogens with two attached hydrogens (primary N) is 1. The first kappa shape index (κ1) is 21.4. The van der Waals surface area contributed by atoms with Gasteiger partial charge in [-0.1, -0.05) is 6.07 Å². The van der Waals surface area contributed by atoms with Gasteiger partial charge in [0.2, 0.25) is 5.54 Å². The van der Waals surface area contributed by atoms with Crippen LogP contribution in [-0.2, 0) is 12.0 Å². The number of nitriles is 1. The SMILES string of the molecule is N#Cc1ccc(C(=O)Cc2ccc(F)c([C@@]3(C(F)F)N=C(N)CCC3(F)F)c2)nc1. The minimum atomic E-state index is -4.05. The summed E-state index contributed by atoms with van der Waals surface area (Å²) in [4.78, 5) is 19.5. The highest BCUT2D eigenvalue weighted by Crippen LogP contribution is 2.51. The molecule has 0 aliphatic carbocycles. The Hall–Kier alpha value is -3.35.